The van der Waals surface area contributed by atoms with Gasteiger partial charge in [-0.2, -0.15) is 0 Å². The molecule has 0 spiro atoms. The second-order valence-corrected chi connectivity index (χ2v) is 6.53. The standard InChI is InChI=1S/C16H31N3O/c17-9-12-19-10-7-15(8-11-19)18-16(20)13-14-5-3-1-2-4-6-14/h14-15H,1-13,17H2,(H,18,20). The van der Waals surface area contributed by atoms with Crippen molar-refractivity contribution >= 4 is 5.91 Å². The van der Waals surface area contributed by atoms with Crippen LogP contribution in [0.1, 0.15) is 57.8 Å². The van der Waals surface area contributed by atoms with E-state index < -0.39 is 0 Å². The fraction of sp³-hybridized carbons (Fsp3) is 0.938. The molecule has 1 aliphatic heterocycles. The van der Waals surface area contributed by atoms with E-state index in [0.29, 0.717) is 12.0 Å². The summed E-state index contributed by atoms with van der Waals surface area (Å²) in [4.78, 5) is 14.6. The molecular formula is C16H31N3O. The number of rotatable bonds is 5. The molecule has 2 fully saturated rings. The molecule has 1 heterocycles. The van der Waals surface area contributed by atoms with Gasteiger partial charge in [0.2, 0.25) is 5.91 Å². The van der Waals surface area contributed by atoms with E-state index in [1.165, 1.54) is 38.5 Å². The molecule has 1 aliphatic carbocycles. The fourth-order valence-corrected chi connectivity index (χ4v) is 3.60. The van der Waals surface area contributed by atoms with E-state index in [4.69, 9.17) is 5.73 Å². The molecule has 2 aliphatic rings. The number of piperidine rings is 1. The van der Waals surface area contributed by atoms with Gasteiger partial charge in [0.05, 0.1) is 0 Å². The molecule has 1 saturated heterocycles. The first-order valence-corrected chi connectivity index (χ1v) is 8.49. The van der Waals surface area contributed by atoms with Gasteiger partial charge in [-0.25, -0.2) is 0 Å². The highest BCUT2D eigenvalue weighted by Gasteiger charge is 2.22. The van der Waals surface area contributed by atoms with Gasteiger partial charge in [-0.3, -0.25) is 4.79 Å². The van der Waals surface area contributed by atoms with E-state index in [9.17, 15) is 4.79 Å². The molecule has 116 valence electrons. The highest BCUT2D eigenvalue weighted by atomic mass is 16.1. The van der Waals surface area contributed by atoms with E-state index in [1.807, 2.05) is 0 Å². The Morgan fingerprint density at radius 1 is 1.05 bits per heavy atom. The lowest BCUT2D eigenvalue weighted by Gasteiger charge is -2.32. The van der Waals surface area contributed by atoms with Crippen molar-refractivity contribution < 1.29 is 4.79 Å². The lowest BCUT2D eigenvalue weighted by atomic mass is 9.95. The maximum atomic E-state index is 12.2. The predicted molar refractivity (Wildman–Crippen MR) is 82.5 cm³/mol. The number of hydrogen-bond acceptors (Lipinski definition) is 3. The van der Waals surface area contributed by atoms with E-state index in [0.717, 1.165) is 45.4 Å². The van der Waals surface area contributed by atoms with Gasteiger partial charge < -0.3 is 16.0 Å². The first-order valence-electron chi connectivity index (χ1n) is 8.49. The molecule has 0 atom stereocenters. The number of carbonyl (C=O) groups is 1. The van der Waals surface area contributed by atoms with Crippen LogP contribution in [0.4, 0.5) is 0 Å². The summed E-state index contributed by atoms with van der Waals surface area (Å²) in [5, 5.41) is 3.25. The molecule has 4 nitrogen and oxygen atoms in total. The molecule has 4 heteroatoms. The molecule has 0 aromatic rings. The third-order valence-electron chi connectivity index (χ3n) is 4.85. The summed E-state index contributed by atoms with van der Waals surface area (Å²) in [7, 11) is 0. The van der Waals surface area contributed by atoms with Crippen LogP contribution < -0.4 is 11.1 Å². The van der Waals surface area contributed by atoms with Crippen LogP contribution in [0.25, 0.3) is 0 Å². The first-order chi connectivity index (χ1) is 9.78. The number of carbonyl (C=O) groups excluding carboxylic acids is 1. The molecule has 2 rings (SSSR count). The van der Waals surface area contributed by atoms with Crippen LogP contribution in [0.3, 0.4) is 0 Å². The molecule has 0 aromatic carbocycles. The van der Waals surface area contributed by atoms with Crippen LogP contribution in [0.15, 0.2) is 0 Å². The molecule has 0 radical (unpaired) electrons. The Kier molecular flexibility index (Phi) is 6.80. The Balaban J connectivity index is 1.64. The highest BCUT2D eigenvalue weighted by molar-refractivity contribution is 5.76. The summed E-state index contributed by atoms with van der Waals surface area (Å²) in [6, 6.07) is 0.391. The van der Waals surface area contributed by atoms with Gasteiger partial charge in [0.1, 0.15) is 0 Å². The largest absolute Gasteiger partial charge is 0.353 e. The van der Waals surface area contributed by atoms with Crippen molar-refractivity contribution in [1.29, 1.82) is 0 Å². The van der Waals surface area contributed by atoms with Crippen LogP contribution in [0.2, 0.25) is 0 Å². The Bertz CT molecular complexity index is 279. The van der Waals surface area contributed by atoms with E-state index in [2.05, 4.69) is 10.2 Å². The molecule has 0 bridgehead atoms. The molecule has 1 saturated carbocycles. The summed E-state index contributed by atoms with van der Waals surface area (Å²) in [5.74, 6) is 0.920. The average molecular weight is 281 g/mol. The van der Waals surface area contributed by atoms with Crippen molar-refractivity contribution in [2.24, 2.45) is 11.7 Å². The molecule has 3 N–H and O–H groups in total. The number of nitrogens with one attached hydrogen (secondary N) is 1. The topological polar surface area (TPSA) is 58.4 Å². The van der Waals surface area contributed by atoms with Gasteiger partial charge >= 0.3 is 0 Å². The highest BCUT2D eigenvalue weighted by Crippen LogP contribution is 2.25. The van der Waals surface area contributed by atoms with E-state index in [1.54, 1.807) is 0 Å². The van der Waals surface area contributed by atoms with Crippen molar-refractivity contribution in [3.05, 3.63) is 0 Å². The Morgan fingerprint density at radius 3 is 2.30 bits per heavy atom. The number of nitrogens with zero attached hydrogens (tertiary/aromatic N) is 1. The van der Waals surface area contributed by atoms with Gasteiger partial charge in [0.25, 0.3) is 0 Å². The number of nitrogens with two attached hydrogens (primary N) is 1. The summed E-state index contributed by atoms with van der Waals surface area (Å²) < 4.78 is 0. The molecule has 20 heavy (non-hydrogen) atoms. The second kappa shape index (κ2) is 8.63. The van der Waals surface area contributed by atoms with Crippen LogP contribution in [-0.4, -0.2) is 43.0 Å². The second-order valence-electron chi connectivity index (χ2n) is 6.53. The molecule has 1 amide bonds. The zero-order valence-corrected chi connectivity index (χ0v) is 12.8. The molecule has 0 aromatic heterocycles. The third kappa shape index (κ3) is 5.41. The van der Waals surface area contributed by atoms with E-state index in [-0.39, 0.29) is 5.91 Å². The fourth-order valence-electron chi connectivity index (χ4n) is 3.60. The van der Waals surface area contributed by atoms with Crippen molar-refractivity contribution in [3.8, 4) is 0 Å². The Morgan fingerprint density at radius 2 is 1.70 bits per heavy atom. The normalized spacial score (nSPS) is 23.4. The monoisotopic (exact) mass is 281 g/mol. The maximum absolute atomic E-state index is 12.2. The smallest absolute Gasteiger partial charge is 0.220 e. The minimum Gasteiger partial charge on any atom is -0.353 e. The first kappa shape index (κ1) is 15.8. The van der Waals surface area contributed by atoms with Gasteiger partial charge in [-0.05, 0) is 31.6 Å². The lowest BCUT2D eigenvalue weighted by molar-refractivity contribution is -0.123. The number of likely N-dealkylation sites (tertiary alicyclic amines) is 1. The number of hydrogen-bond donors (Lipinski definition) is 2. The zero-order valence-electron chi connectivity index (χ0n) is 12.8. The van der Waals surface area contributed by atoms with Gasteiger partial charge in [-0.1, -0.05) is 25.7 Å². The van der Waals surface area contributed by atoms with Crippen molar-refractivity contribution in [2.75, 3.05) is 26.2 Å². The minimum atomic E-state index is 0.286. The Hall–Kier alpha value is -0.610. The van der Waals surface area contributed by atoms with Crippen molar-refractivity contribution in [3.63, 3.8) is 0 Å². The summed E-state index contributed by atoms with van der Waals surface area (Å²) >= 11 is 0. The van der Waals surface area contributed by atoms with Crippen molar-refractivity contribution in [2.45, 2.75) is 63.8 Å². The predicted octanol–water partition coefficient (Wildman–Crippen LogP) is 1.89. The minimum absolute atomic E-state index is 0.286. The molecule has 0 unspecified atom stereocenters. The summed E-state index contributed by atoms with van der Waals surface area (Å²) in [6.07, 6.45) is 10.8. The number of amides is 1. The lowest BCUT2D eigenvalue weighted by Crippen LogP contribution is -2.46. The maximum Gasteiger partial charge on any atom is 0.220 e. The quantitative estimate of drug-likeness (QED) is 0.757. The summed E-state index contributed by atoms with van der Waals surface area (Å²) in [5.41, 5.74) is 5.58. The summed E-state index contributed by atoms with van der Waals surface area (Å²) in [6.45, 7) is 3.87. The molecular weight excluding hydrogens is 250 g/mol. The van der Waals surface area contributed by atoms with Gasteiger partial charge in [-0.15, -0.1) is 0 Å². The van der Waals surface area contributed by atoms with Crippen LogP contribution in [0, 0.1) is 5.92 Å². The average Bonchev–Trinajstić information content (AvgIpc) is 2.70. The van der Waals surface area contributed by atoms with Crippen LogP contribution >= 0.6 is 0 Å². The van der Waals surface area contributed by atoms with Crippen LogP contribution in [0.5, 0.6) is 0 Å². The van der Waals surface area contributed by atoms with Gasteiger partial charge in [0, 0.05) is 38.6 Å². The van der Waals surface area contributed by atoms with Crippen molar-refractivity contribution in [1.82, 2.24) is 10.2 Å². The SMILES string of the molecule is NCCN1CCC(NC(=O)CC2CCCCCC2)CC1. The Labute approximate surface area is 123 Å². The van der Waals surface area contributed by atoms with Gasteiger partial charge in [0.15, 0.2) is 0 Å². The third-order valence-corrected chi connectivity index (χ3v) is 4.85. The zero-order chi connectivity index (χ0) is 14.2. The van der Waals surface area contributed by atoms with Crippen LogP contribution in [-0.2, 0) is 4.79 Å². The van der Waals surface area contributed by atoms with E-state index >= 15 is 0 Å².